The molecule has 2 saturated heterocycles. The van der Waals surface area contributed by atoms with Gasteiger partial charge in [-0.05, 0) is 26.7 Å². The van der Waals surface area contributed by atoms with Gasteiger partial charge in [0.2, 0.25) is 0 Å². The standard InChI is InChI=1S/C10H18O4/c1-9(5-3-7-11-9)13-14-10(2)6-4-8-12-10/h3-8H2,1-2H3. The van der Waals surface area contributed by atoms with Crippen LogP contribution in [0.2, 0.25) is 0 Å². The van der Waals surface area contributed by atoms with Crippen molar-refractivity contribution in [3.63, 3.8) is 0 Å². The third-order valence-corrected chi connectivity index (χ3v) is 2.76. The third kappa shape index (κ3) is 2.25. The topological polar surface area (TPSA) is 36.9 Å². The van der Waals surface area contributed by atoms with Gasteiger partial charge in [0.05, 0.1) is 13.2 Å². The molecule has 82 valence electrons. The van der Waals surface area contributed by atoms with Crippen molar-refractivity contribution < 1.29 is 19.2 Å². The molecule has 0 amide bonds. The van der Waals surface area contributed by atoms with Crippen LogP contribution < -0.4 is 0 Å². The van der Waals surface area contributed by atoms with Crippen LogP contribution in [0.25, 0.3) is 0 Å². The van der Waals surface area contributed by atoms with E-state index in [1.54, 1.807) is 0 Å². The lowest BCUT2D eigenvalue weighted by molar-refractivity contribution is -0.485. The fraction of sp³-hybridized carbons (Fsp3) is 1.00. The molecule has 2 heterocycles. The van der Waals surface area contributed by atoms with Gasteiger partial charge >= 0.3 is 0 Å². The summed E-state index contributed by atoms with van der Waals surface area (Å²) in [6.07, 6.45) is 3.81. The van der Waals surface area contributed by atoms with Crippen LogP contribution >= 0.6 is 0 Å². The molecule has 2 fully saturated rings. The summed E-state index contributed by atoms with van der Waals surface area (Å²) in [4.78, 5) is 10.7. The van der Waals surface area contributed by atoms with E-state index >= 15 is 0 Å². The summed E-state index contributed by atoms with van der Waals surface area (Å²) in [5.74, 6) is -1.15. The van der Waals surface area contributed by atoms with Crippen molar-refractivity contribution in [1.29, 1.82) is 0 Å². The zero-order valence-electron chi connectivity index (χ0n) is 8.88. The molecule has 4 nitrogen and oxygen atoms in total. The monoisotopic (exact) mass is 202 g/mol. The van der Waals surface area contributed by atoms with Crippen LogP contribution in [0.4, 0.5) is 0 Å². The Hall–Kier alpha value is -0.160. The van der Waals surface area contributed by atoms with Crippen LogP contribution in [0, 0.1) is 0 Å². The van der Waals surface area contributed by atoms with Crippen molar-refractivity contribution in [3.05, 3.63) is 0 Å². The minimum atomic E-state index is -0.574. The maximum Gasteiger partial charge on any atom is 0.198 e. The predicted octanol–water partition coefficient (Wildman–Crippen LogP) is 1.99. The summed E-state index contributed by atoms with van der Waals surface area (Å²) in [6, 6.07) is 0. The van der Waals surface area contributed by atoms with Gasteiger partial charge in [0.1, 0.15) is 0 Å². The Morgan fingerprint density at radius 1 is 0.857 bits per heavy atom. The molecule has 2 aliphatic rings. The van der Waals surface area contributed by atoms with Gasteiger partial charge in [-0.2, -0.15) is 9.78 Å². The summed E-state index contributed by atoms with van der Waals surface area (Å²) >= 11 is 0. The molecule has 4 heteroatoms. The third-order valence-electron chi connectivity index (χ3n) is 2.76. The molecule has 0 N–H and O–H groups in total. The van der Waals surface area contributed by atoms with E-state index in [2.05, 4.69) is 0 Å². The summed E-state index contributed by atoms with van der Waals surface area (Å²) in [6.45, 7) is 5.30. The molecule has 0 aromatic rings. The molecule has 2 atom stereocenters. The van der Waals surface area contributed by atoms with Gasteiger partial charge in [0.15, 0.2) is 11.6 Å². The lowest BCUT2D eigenvalue weighted by Crippen LogP contribution is -2.35. The second-order valence-electron chi connectivity index (χ2n) is 4.34. The maximum absolute atomic E-state index is 5.44. The quantitative estimate of drug-likeness (QED) is 0.518. The van der Waals surface area contributed by atoms with Gasteiger partial charge in [-0.15, -0.1) is 0 Å². The first kappa shape index (κ1) is 10.4. The van der Waals surface area contributed by atoms with E-state index in [0.717, 1.165) is 38.9 Å². The van der Waals surface area contributed by atoms with Crippen LogP contribution in [-0.4, -0.2) is 24.8 Å². The van der Waals surface area contributed by atoms with E-state index in [-0.39, 0.29) is 0 Å². The zero-order chi connectivity index (χ0) is 10.1. The van der Waals surface area contributed by atoms with Crippen LogP contribution in [0.5, 0.6) is 0 Å². The van der Waals surface area contributed by atoms with Crippen molar-refractivity contribution in [1.82, 2.24) is 0 Å². The molecule has 0 saturated carbocycles. The highest BCUT2D eigenvalue weighted by molar-refractivity contribution is 4.70. The van der Waals surface area contributed by atoms with Gasteiger partial charge in [-0.25, -0.2) is 0 Å². The van der Waals surface area contributed by atoms with Crippen molar-refractivity contribution in [2.24, 2.45) is 0 Å². The van der Waals surface area contributed by atoms with E-state index in [4.69, 9.17) is 19.2 Å². The lowest BCUT2D eigenvalue weighted by atomic mass is 10.2. The Bertz CT molecular complexity index is 170. The van der Waals surface area contributed by atoms with Crippen molar-refractivity contribution in [3.8, 4) is 0 Å². The van der Waals surface area contributed by atoms with E-state index in [9.17, 15) is 0 Å². The van der Waals surface area contributed by atoms with Crippen LogP contribution in [-0.2, 0) is 19.2 Å². The van der Waals surface area contributed by atoms with E-state index in [1.807, 2.05) is 13.8 Å². The van der Waals surface area contributed by atoms with E-state index < -0.39 is 11.6 Å². The van der Waals surface area contributed by atoms with Crippen molar-refractivity contribution in [2.45, 2.75) is 51.1 Å². The number of hydrogen-bond donors (Lipinski definition) is 0. The minimum Gasteiger partial charge on any atom is -0.348 e. The van der Waals surface area contributed by atoms with E-state index in [0.29, 0.717) is 0 Å². The summed E-state index contributed by atoms with van der Waals surface area (Å²) < 4.78 is 10.9. The number of ether oxygens (including phenoxy) is 2. The number of rotatable bonds is 3. The fourth-order valence-electron chi connectivity index (χ4n) is 1.81. The lowest BCUT2D eigenvalue weighted by Gasteiger charge is -2.28. The molecule has 2 unspecified atom stereocenters. The highest BCUT2D eigenvalue weighted by Gasteiger charge is 2.38. The summed E-state index contributed by atoms with van der Waals surface area (Å²) in [5.41, 5.74) is 0. The van der Waals surface area contributed by atoms with Crippen LogP contribution in [0.1, 0.15) is 39.5 Å². The molecular weight excluding hydrogens is 184 g/mol. The Morgan fingerprint density at radius 2 is 1.29 bits per heavy atom. The molecule has 0 spiro atoms. The highest BCUT2D eigenvalue weighted by Crippen LogP contribution is 2.32. The van der Waals surface area contributed by atoms with Crippen molar-refractivity contribution in [2.75, 3.05) is 13.2 Å². The summed E-state index contributed by atoms with van der Waals surface area (Å²) in [7, 11) is 0. The largest absolute Gasteiger partial charge is 0.348 e. The molecule has 0 aromatic carbocycles. The van der Waals surface area contributed by atoms with Gasteiger partial charge < -0.3 is 9.47 Å². The maximum atomic E-state index is 5.44. The molecular formula is C10H18O4. The van der Waals surface area contributed by atoms with Crippen LogP contribution in [0.3, 0.4) is 0 Å². The van der Waals surface area contributed by atoms with Crippen molar-refractivity contribution >= 4 is 0 Å². The average molecular weight is 202 g/mol. The average Bonchev–Trinajstić information content (AvgIpc) is 2.74. The Balaban J connectivity index is 1.80. The predicted molar refractivity (Wildman–Crippen MR) is 49.4 cm³/mol. The summed E-state index contributed by atoms with van der Waals surface area (Å²) in [5, 5.41) is 0. The first-order valence-corrected chi connectivity index (χ1v) is 5.27. The SMILES string of the molecule is CC1(OOC2(C)CCCO2)CCCO1. The second-order valence-corrected chi connectivity index (χ2v) is 4.34. The molecule has 0 radical (unpaired) electrons. The highest BCUT2D eigenvalue weighted by atomic mass is 17.3. The Morgan fingerprint density at radius 3 is 1.57 bits per heavy atom. The molecule has 14 heavy (non-hydrogen) atoms. The smallest absolute Gasteiger partial charge is 0.198 e. The zero-order valence-corrected chi connectivity index (χ0v) is 8.88. The van der Waals surface area contributed by atoms with Crippen LogP contribution in [0.15, 0.2) is 0 Å². The first-order chi connectivity index (χ1) is 6.62. The fourth-order valence-corrected chi connectivity index (χ4v) is 1.81. The molecule has 0 bridgehead atoms. The Labute approximate surface area is 84.4 Å². The second kappa shape index (κ2) is 3.77. The van der Waals surface area contributed by atoms with Gasteiger partial charge in [-0.1, -0.05) is 0 Å². The molecule has 2 aliphatic heterocycles. The normalized spacial score (nSPS) is 43.3. The molecule has 0 aliphatic carbocycles. The van der Waals surface area contributed by atoms with Gasteiger partial charge in [-0.3, -0.25) is 0 Å². The Kier molecular flexibility index (Phi) is 2.79. The van der Waals surface area contributed by atoms with Gasteiger partial charge in [0.25, 0.3) is 0 Å². The minimum absolute atomic E-state index is 0.574. The molecule has 0 aromatic heterocycles. The van der Waals surface area contributed by atoms with Gasteiger partial charge in [0, 0.05) is 12.8 Å². The van der Waals surface area contributed by atoms with E-state index in [1.165, 1.54) is 0 Å². The first-order valence-electron chi connectivity index (χ1n) is 5.27. The number of hydrogen-bond acceptors (Lipinski definition) is 4. The molecule has 2 rings (SSSR count).